The molecule has 10 heteroatoms. The maximum Gasteiger partial charge on any atom is 0.416 e. The number of carbonyl (C=O) groups is 2. The van der Waals surface area contributed by atoms with Crippen LogP contribution in [0.25, 0.3) is 0 Å². The number of carbonyl (C=O) groups excluding carboxylic acids is 2. The van der Waals surface area contributed by atoms with Crippen LogP contribution in [0.3, 0.4) is 0 Å². The average Bonchev–Trinajstić information content (AvgIpc) is 2.96. The molecule has 0 aromatic heterocycles. The zero-order valence-corrected chi connectivity index (χ0v) is 16.3. The fourth-order valence-corrected chi connectivity index (χ4v) is 4.69. The summed E-state index contributed by atoms with van der Waals surface area (Å²) in [4.78, 5) is 25.9. The van der Waals surface area contributed by atoms with E-state index in [9.17, 15) is 31.2 Å². The first-order valence-electron chi connectivity index (χ1n) is 8.73. The molecule has 1 aliphatic heterocycles. The number of sulfone groups is 1. The Morgan fingerprint density at radius 2 is 1.82 bits per heavy atom. The van der Waals surface area contributed by atoms with Gasteiger partial charge in [0.2, 0.25) is 0 Å². The summed E-state index contributed by atoms with van der Waals surface area (Å²) in [6.45, 7) is 3.45. The fraction of sp³-hybridized carbons (Fsp3) is 0.556. The van der Waals surface area contributed by atoms with Crippen molar-refractivity contribution in [3.05, 3.63) is 35.4 Å². The summed E-state index contributed by atoms with van der Waals surface area (Å²) in [5.41, 5.74) is -1.01. The van der Waals surface area contributed by atoms with Crippen LogP contribution in [0.2, 0.25) is 0 Å². The molecule has 156 valence electrons. The summed E-state index contributed by atoms with van der Waals surface area (Å²) in [6, 6.07) is 3.00. The minimum Gasteiger partial charge on any atom is -0.452 e. The van der Waals surface area contributed by atoms with Gasteiger partial charge in [-0.25, -0.2) is 13.2 Å². The molecule has 0 aliphatic carbocycles. The number of amides is 1. The van der Waals surface area contributed by atoms with Gasteiger partial charge in [-0.1, -0.05) is 13.8 Å². The van der Waals surface area contributed by atoms with E-state index in [-0.39, 0.29) is 23.0 Å². The monoisotopic (exact) mass is 421 g/mol. The van der Waals surface area contributed by atoms with Crippen LogP contribution in [-0.2, 0) is 25.5 Å². The standard InChI is InChI=1S/C18H22F3NO5S/c1-12(2)9-22(15-7-8-28(25,26)11-15)16(23)10-27-17(24)13-3-5-14(6-4-13)18(19,20)21/h3-6,12,15H,7-11H2,1-2H3. The van der Waals surface area contributed by atoms with E-state index in [0.29, 0.717) is 13.0 Å². The van der Waals surface area contributed by atoms with Crippen LogP contribution in [0.4, 0.5) is 13.2 Å². The number of benzene rings is 1. The molecule has 1 amide bonds. The lowest BCUT2D eigenvalue weighted by atomic mass is 10.1. The summed E-state index contributed by atoms with van der Waals surface area (Å²) >= 11 is 0. The third-order valence-corrected chi connectivity index (χ3v) is 6.06. The molecule has 1 heterocycles. The van der Waals surface area contributed by atoms with Crippen LogP contribution >= 0.6 is 0 Å². The highest BCUT2D eigenvalue weighted by atomic mass is 32.2. The Labute approximate surface area is 161 Å². The van der Waals surface area contributed by atoms with Gasteiger partial charge in [0.15, 0.2) is 16.4 Å². The van der Waals surface area contributed by atoms with Gasteiger partial charge in [-0.15, -0.1) is 0 Å². The molecule has 1 aliphatic rings. The number of hydrogen-bond acceptors (Lipinski definition) is 5. The molecule has 0 saturated carbocycles. The molecule has 6 nitrogen and oxygen atoms in total. The van der Waals surface area contributed by atoms with Crippen molar-refractivity contribution >= 4 is 21.7 Å². The molecular weight excluding hydrogens is 399 g/mol. The predicted octanol–water partition coefficient (Wildman–Crippen LogP) is 2.53. The second-order valence-electron chi connectivity index (χ2n) is 7.15. The van der Waals surface area contributed by atoms with E-state index in [0.717, 1.165) is 24.3 Å². The molecule has 28 heavy (non-hydrogen) atoms. The van der Waals surface area contributed by atoms with Crippen molar-refractivity contribution < 1.29 is 35.9 Å². The van der Waals surface area contributed by atoms with Crippen LogP contribution in [0.1, 0.15) is 36.2 Å². The summed E-state index contributed by atoms with van der Waals surface area (Å²) in [7, 11) is -3.19. The lowest BCUT2D eigenvalue weighted by Gasteiger charge is -2.29. The highest BCUT2D eigenvalue weighted by Crippen LogP contribution is 2.29. The Morgan fingerprint density at radius 3 is 2.29 bits per heavy atom. The van der Waals surface area contributed by atoms with Gasteiger partial charge < -0.3 is 9.64 Å². The molecule has 1 saturated heterocycles. The zero-order valence-electron chi connectivity index (χ0n) is 15.5. The normalized spacial score (nSPS) is 18.9. The zero-order chi connectivity index (χ0) is 21.1. The third-order valence-electron chi connectivity index (χ3n) is 4.31. The largest absolute Gasteiger partial charge is 0.452 e. The van der Waals surface area contributed by atoms with Crippen molar-refractivity contribution in [2.75, 3.05) is 24.7 Å². The minimum atomic E-state index is -4.52. The number of esters is 1. The van der Waals surface area contributed by atoms with Crippen molar-refractivity contribution in [2.24, 2.45) is 5.92 Å². The maximum atomic E-state index is 12.6. The SMILES string of the molecule is CC(C)CN(C(=O)COC(=O)c1ccc(C(F)(F)F)cc1)C1CCS(=O)(=O)C1. The summed E-state index contributed by atoms with van der Waals surface area (Å²) < 4.78 is 66.0. The lowest BCUT2D eigenvalue weighted by Crippen LogP contribution is -2.45. The highest BCUT2D eigenvalue weighted by molar-refractivity contribution is 7.91. The Kier molecular flexibility index (Phi) is 6.74. The lowest BCUT2D eigenvalue weighted by molar-refractivity contribution is -0.137. The van der Waals surface area contributed by atoms with E-state index < -0.39 is 46.1 Å². The smallest absolute Gasteiger partial charge is 0.416 e. The van der Waals surface area contributed by atoms with E-state index in [1.807, 2.05) is 13.8 Å². The number of ether oxygens (including phenoxy) is 1. The Balaban J connectivity index is 2.00. The first-order chi connectivity index (χ1) is 12.9. The first-order valence-corrected chi connectivity index (χ1v) is 10.6. The van der Waals surface area contributed by atoms with Gasteiger partial charge in [0, 0.05) is 12.6 Å². The number of hydrogen-bond donors (Lipinski definition) is 0. The second-order valence-corrected chi connectivity index (χ2v) is 9.38. The van der Waals surface area contributed by atoms with Crippen molar-refractivity contribution in [2.45, 2.75) is 32.5 Å². The van der Waals surface area contributed by atoms with Crippen LogP contribution in [0, 0.1) is 5.92 Å². The molecule has 0 spiro atoms. The van der Waals surface area contributed by atoms with Crippen LogP contribution in [-0.4, -0.2) is 55.9 Å². The van der Waals surface area contributed by atoms with E-state index in [4.69, 9.17) is 4.74 Å². The summed E-state index contributed by atoms with van der Waals surface area (Å²) in [6.07, 6.45) is -4.19. The van der Waals surface area contributed by atoms with E-state index in [1.165, 1.54) is 4.90 Å². The second kappa shape index (κ2) is 8.50. The van der Waals surface area contributed by atoms with Gasteiger partial charge in [-0.2, -0.15) is 13.2 Å². The minimum absolute atomic E-state index is 0.00484. The fourth-order valence-electron chi connectivity index (χ4n) is 2.96. The highest BCUT2D eigenvalue weighted by Gasteiger charge is 2.35. The molecule has 0 bridgehead atoms. The molecule has 1 fully saturated rings. The quantitative estimate of drug-likeness (QED) is 0.660. The van der Waals surface area contributed by atoms with E-state index >= 15 is 0 Å². The Hall–Kier alpha value is -2.10. The number of nitrogens with zero attached hydrogens (tertiary/aromatic N) is 1. The predicted molar refractivity (Wildman–Crippen MR) is 95.3 cm³/mol. The van der Waals surface area contributed by atoms with Crippen LogP contribution in [0.15, 0.2) is 24.3 Å². The number of halogens is 3. The van der Waals surface area contributed by atoms with Crippen molar-refractivity contribution in [3.63, 3.8) is 0 Å². The van der Waals surface area contributed by atoms with Crippen LogP contribution < -0.4 is 0 Å². The van der Waals surface area contributed by atoms with Crippen LogP contribution in [0.5, 0.6) is 0 Å². The molecule has 0 N–H and O–H groups in total. The third kappa shape index (κ3) is 5.95. The molecule has 1 aromatic carbocycles. The summed E-state index contributed by atoms with van der Waals surface area (Å²) in [5, 5.41) is 0. The van der Waals surface area contributed by atoms with Crippen molar-refractivity contribution in [1.29, 1.82) is 0 Å². The average molecular weight is 421 g/mol. The molecular formula is C18H22F3NO5S. The van der Waals surface area contributed by atoms with E-state index in [2.05, 4.69) is 0 Å². The van der Waals surface area contributed by atoms with Gasteiger partial charge in [-0.05, 0) is 36.6 Å². The molecule has 2 rings (SSSR count). The molecule has 1 unspecified atom stereocenters. The Morgan fingerprint density at radius 1 is 1.21 bits per heavy atom. The molecule has 1 atom stereocenters. The van der Waals surface area contributed by atoms with Gasteiger partial charge >= 0.3 is 12.1 Å². The van der Waals surface area contributed by atoms with Gasteiger partial charge in [-0.3, -0.25) is 4.79 Å². The van der Waals surface area contributed by atoms with Crippen molar-refractivity contribution in [3.8, 4) is 0 Å². The maximum absolute atomic E-state index is 12.6. The van der Waals surface area contributed by atoms with Crippen molar-refractivity contribution in [1.82, 2.24) is 4.90 Å². The molecule has 1 aromatic rings. The number of rotatable bonds is 6. The van der Waals surface area contributed by atoms with Gasteiger partial charge in [0.1, 0.15) is 0 Å². The van der Waals surface area contributed by atoms with Gasteiger partial charge in [0.05, 0.1) is 22.6 Å². The molecule has 0 radical (unpaired) electrons. The van der Waals surface area contributed by atoms with Gasteiger partial charge in [0.25, 0.3) is 5.91 Å². The first kappa shape index (κ1) is 22.2. The topological polar surface area (TPSA) is 80.8 Å². The number of alkyl halides is 3. The Bertz CT molecular complexity index is 819. The summed E-state index contributed by atoms with van der Waals surface area (Å²) in [5.74, 6) is -1.50. The van der Waals surface area contributed by atoms with E-state index in [1.54, 1.807) is 0 Å².